The van der Waals surface area contributed by atoms with Crippen LogP contribution < -0.4 is 14.4 Å². The fraction of sp³-hybridized carbons (Fsp3) is 0.259. The Balaban J connectivity index is 2.05. The molecule has 3 aromatic rings. The number of rotatable bonds is 12. The summed E-state index contributed by atoms with van der Waals surface area (Å²) in [7, 11) is -1.07. The van der Waals surface area contributed by atoms with Gasteiger partial charge in [-0.25, -0.2) is 8.42 Å². The van der Waals surface area contributed by atoms with Crippen molar-refractivity contribution >= 4 is 33.2 Å². The molecular weight excluding hydrogens is 524 g/mol. The second-order valence-corrected chi connectivity index (χ2v) is 10.6. The van der Waals surface area contributed by atoms with Crippen LogP contribution in [0.4, 0.5) is 11.4 Å². The maximum atomic E-state index is 13.9. The number of hydrogen-bond donors (Lipinski definition) is 1. The Bertz CT molecular complexity index is 1430. The van der Waals surface area contributed by atoms with E-state index in [0.717, 1.165) is 22.2 Å². The van der Waals surface area contributed by atoms with Gasteiger partial charge in [-0.05, 0) is 29.3 Å². The minimum absolute atomic E-state index is 0.0203. The Morgan fingerprint density at radius 3 is 2.28 bits per heavy atom. The normalized spacial score (nSPS) is 11.8. The molecule has 12 heteroatoms. The lowest BCUT2D eigenvalue weighted by Crippen LogP contribution is -2.52. The van der Waals surface area contributed by atoms with E-state index in [1.54, 1.807) is 24.3 Å². The molecule has 3 rings (SSSR count). The lowest BCUT2D eigenvalue weighted by atomic mass is 10.0. The fourth-order valence-corrected chi connectivity index (χ4v) is 4.90. The van der Waals surface area contributed by atoms with Gasteiger partial charge < -0.3 is 15.0 Å². The van der Waals surface area contributed by atoms with Crippen molar-refractivity contribution in [1.29, 1.82) is 0 Å². The van der Waals surface area contributed by atoms with Gasteiger partial charge in [-0.1, -0.05) is 48.5 Å². The van der Waals surface area contributed by atoms with Gasteiger partial charge in [0, 0.05) is 32.1 Å². The molecular formula is C27H30N4O7S. The molecule has 0 aromatic heterocycles. The predicted molar refractivity (Wildman–Crippen MR) is 147 cm³/mol. The van der Waals surface area contributed by atoms with Crippen LogP contribution >= 0.6 is 0 Å². The Morgan fingerprint density at radius 1 is 1.00 bits per heavy atom. The smallest absolute Gasteiger partial charge is 0.271 e. The van der Waals surface area contributed by atoms with Crippen molar-refractivity contribution in [2.75, 3.05) is 31.3 Å². The third kappa shape index (κ3) is 7.77. The minimum atomic E-state index is -4.04. The van der Waals surface area contributed by atoms with Gasteiger partial charge in [0.1, 0.15) is 18.3 Å². The zero-order valence-electron chi connectivity index (χ0n) is 21.8. The van der Waals surface area contributed by atoms with E-state index in [2.05, 4.69) is 5.32 Å². The number of likely N-dealkylation sites (N-methyl/N-ethyl adjacent to an activating group) is 1. The highest BCUT2D eigenvalue weighted by Crippen LogP contribution is 2.24. The molecule has 3 aromatic carbocycles. The highest BCUT2D eigenvalue weighted by molar-refractivity contribution is 7.92. The number of carbonyl (C=O) groups is 2. The van der Waals surface area contributed by atoms with E-state index < -0.39 is 39.3 Å². The Morgan fingerprint density at radius 2 is 1.67 bits per heavy atom. The molecule has 0 saturated heterocycles. The first kappa shape index (κ1) is 29.1. The number of nitro groups is 1. The lowest BCUT2D eigenvalue weighted by molar-refractivity contribution is -0.384. The van der Waals surface area contributed by atoms with Gasteiger partial charge in [0.2, 0.25) is 21.8 Å². The number of benzene rings is 3. The van der Waals surface area contributed by atoms with Gasteiger partial charge in [-0.3, -0.25) is 24.0 Å². The van der Waals surface area contributed by atoms with E-state index in [0.29, 0.717) is 11.3 Å². The molecule has 1 N–H and O–H groups in total. The molecule has 0 saturated carbocycles. The Labute approximate surface area is 227 Å². The summed E-state index contributed by atoms with van der Waals surface area (Å²) in [5, 5.41) is 13.9. The summed E-state index contributed by atoms with van der Waals surface area (Å²) in [6, 6.07) is 20.1. The molecule has 0 fully saturated rings. The Kier molecular flexibility index (Phi) is 9.61. The number of ether oxygens (including phenoxy) is 1. The largest absolute Gasteiger partial charge is 0.497 e. The number of methoxy groups -OCH3 is 1. The quantitative estimate of drug-likeness (QED) is 0.268. The minimum Gasteiger partial charge on any atom is -0.497 e. The zero-order chi connectivity index (χ0) is 28.6. The number of non-ortho nitro benzene ring substituents is 1. The standard InChI is InChI=1S/C27H30N4O7S/c1-28-27(33)25(16-20-9-5-4-6-10-20)29(18-21-11-7-14-24(15-21)38-2)26(32)19-30(39(3,36)37)22-12-8-13-23(17-22)31(34)35/h4-15,17,25H,16,18-19H2,1-3H3,(H,28,33)/t25-/m0/s1. The molecule has 0 aliphatic rings. The first-order valence-corrected chi connectivity index (χ1v) is 13.8. The van der Waals surface area contributed by atoms with E-state index in [-0.39, 0.29) is 24.3 Å². The predicted octanol–water partition coefficient (Wildman–Crippen LogP) is 2.76. The zero-order valence-corrected chi connectivity index (χ0v) is 22.6. The maximum Gasteiger partial charge on any atom is 0.271 e. The van der Waals surface area contributed by atoms with Crippen molar-refractivity contribution in [2.24, 2.45) is 0 Å². The van der Waals surface area contributed by atoms with Gasteiger partial charge in [-0.2, -0.15) is 0 Å². The first-order chi connectivity index (χ1) is 18.5. The summed E-state index contributed by atoms with van der Waals surface area (Å²) in [6.45, 7) is -0.695. The number of anilines is 1. The Hall–Kier alpha value is -4.45. The number of nitrogens with one attached hydrogen (secondary N) is 1. The number of sulfonamides is 1. The van der Waals surface area contributed by atoms with Gasteiger partial charge in [0.25, 0.3) is 5.69 Å². The van der Waals surface area contributed by atoms with Gasteiger partial charge in [-0.15, -0.1) is 0 Å². The van der Waals surface area contributed by atoms with Crippen LogP contribution in [0.25, 0.3) is 0 Å². The van der Waals surface area contributed by atoms with Crippen LogP contribution in [0.2, 0.25) is 0 Å². The first-order valence-electron chi connectivity index (χ1n) is 11.9. The molecule has 206 valence electrons. The maximum absolute atomic E-state index is 13.9. The number of amides is 2. The molecule has 39 heavy (non-hydrogen) atoms. The molecule has 2 amide bonds. The lowest BCUT2D eigenvalue weighted by Gasteiger charge is -2.33. The summed E-state index contributed by atoms with van der Waals surface area (Å²) in [4.78, 5) is 38.9. The van der Waals surface area contributed by atoms with Crippen molar-refractivity contribution < 1.29 is 27.7 Å². The summed E-state index contributed by atoms with van der Waals surface area (Å²) in [6.07, 6.45) is 1.08. The monoisotopic (exact) mass is 554 g/mol. The SMILES string of the molecule is CNC(=O)[C@H](Cc1ccccc1)N(Cc1cccc(OC)c1)C(=O)CN(c1cccc([N+](=O)[O-])c1)S(C)(=O)=O. The summed E-state index contributed by atoms with van der Waals surface area (Å²) >= 11 is 0. The van der Waals surface area contributed by atoms with Gasteiger partial charge in [0.15, 0.2) is 0 Å². The highest BCUT2D eigenvalue weighted by atomic mass is 32.2. The molecule has 1 atom stereocenters. The molecule has 0 bridgehead atoms. The average molecular weight is 555 g/mol. The average Bonchev–Trinajstić information content (AvgIpc) is 2.93. The topological polar surface area (TPSA) is 139 Å². The molecule has 11 nitrogen and oxygen atoms in total. The van der Waals surface area contributed by atoms with E-state index in [4.69, 9.17) is 4.74 Å². The van der Waals surface area contributed by atoms with Crippen LogP contribution in [-0.4, -0.2) is 63.1 Å². The van der Waals surface area contributed by atoms with E-state index in [1.807, 2.05) is 30.3 Å². The molecule has 0 radical (unpaired) electrons. The summed E-state index contributed by atoms with van der Waals surface area (Å²) in [5.74, 6) is -0.551. The van der Waals surface area contributed by atoms with Gasteiger partial charge in [0.05, 0.1) is 24.0 Å². The van der Waals surface area contributed by atoms with Gasteiger partial charge >= 0.3 is 0 Å². The molecule has 0 unspecified atom stereocenters. The van der Waals surface area contributed by atoms with Crippen LogP contribution in [0.3, 0.4) is 0 Å². The second-order valence-electron chi connectivity index (χ2n) is 8.74. The van der Waals surface area contributed by atoms with Crippen molar-refractivity contribution in [3.8, 4) is 5.75 Å². The summed E-state index contributed by atoms with van der Waals surface area (Å²) in [5.41, 5.74) is 1.09. The van der Waals surface area contributed by atoms with Crippen molar-refractivity contribution in [3.63, 3.8) is 0 Å². The molecule has 0 aliphatic heterocycles. The third-order valence-electron chi connectivity index (χ3n) is 6.01. The van der Waals surface area contributed by atoms with Crippen LogP contribution in [0.15, 0.2) is 78.9 Å². The van der Waals surface area contributed by atoms with Crippen LogP contribution in [0, 0.1) is 10.1 Å². The molecule has 0 heterocycles. The van der Waals surface area contributed by atoms with E-state index in [1.165, 1.54) is 37.3 Å². The number of nitrogens with zero attached hydrogens (tertiary/aromatic N) is 3. The summed E-state index contributed by atoms with van der Waals surface area (Å²) < 4.78 is 31.6. The molecule has 0 spiro atoms. The molecule has 0 aliphatic carbocycles. The number of hydrogen-bond acceptors (Lipinski definition) is 7. The second kappa shape index (κ2) is 12.9. The van der Waals surface area contributed by atoms with Crippen LogP contribution in [0.1, 0.15) is 11.1 Å². The number of nitro benzene ring substituents is 1. The highest BCUT2D eigenvalue weighted by Gasteiger charge is 2.33. The fourth-order valence-electron chi connectivity index (χ4n) is 4.06. The van der Waals surface area contributed by atoms with E-state index >= 15 is 0 Å². The van der Waals surface area contributed by atoms with E-state index in [9.17, 15) is 28.1 Å². The third-order valence-corrected chi connectivity index (χ3v) is 7.15. The van der Waals surface area contributed by atoms with Crippen LogP contribution in [0.5, 0.6) is 5.75 Å². The van der Waals surface area contributed by atoms with Crippen LogP contribution in [-0.2, 0) is 32.6 Å². The van der Waals surface area contributed by atoms with Crippen molar-refractivity contribution in [1.82, 2.24) is 10.2 Å². The van der Waals surface area contributed by atoms with Crippen molar-refractivity contribution in [3.05, 3.63) is 100 Å². The number of carbonyl (C=O) groups excluding carboxylic acids is 2. The van der Waals surface area contributed by atoms with Crippen molar-refractivity contribution in [2.45, 2.75) is 19.0 Å².